The first-order chi connectivity index (χ1) is 14.1. The first-order valence-electron chi connectivity index (χ1n) is 10.0. The van der Waals surface area contributed by atoms with Crippen molar-refractivity contribution in [2.24, 2.45) is 0 Å². The number of phenolic OH excluding ortho intramolecular Hbond substituents is 1. The number of aromatic hydroxyl groups is 1. The van der Waals surface area contributed by atoms with Crippen LogP contribution in [0.3, 0.4) is 0 Å². The third kappa shape index (κ3) is 3.82. The Bertz CT molecular complexity index is 939. The van der Waals surface area contributed by atoms with E-state index in [0.717, 1.165) is 43.1 Å². The number of piperidine rings is 1. The molecule has 2 aliphatic rings. The van der Waals surface area contributed by atoms with Gasteiger partial charge in [-0.25, -0.2) is 4.39 Å². The molecule has 1 aromatic heterocycles. The minimum absolute atomic E-state index is 0.00294. The summed E-state index contributed by atoms with van der Waals surface area (Å²) in [6.07, 6.45) is -3.37. The maximum absolute atomic E-state index is 14.1. The summed E-state index contributed by atoms with van der Waals surface area (Å²) in [6.45, 7) is 3.77. The van der Waals surface area contributed by atoms with E-state index in [1.54, 1.807) is 0 Å². The molecular weight excluding hydrogens is 400 g/mol. The van der Waals surface area contributed by atoms with E-state index in [9.17, 15) is 22.7 Å². The van der Waals surface area contributed by atoms with Crippen molar-refractivity contribution in [1.82, 2.24) is 15.1 Å². The number of aromatic nitrogens is 2. The Morgan fingerprint density at radius 3 is 2.60 bits per heavy atom. The maximum atomic E-state index is 14.1. The van der Waals surface area contributed by atoms with Gasteiger partial charge in [0.1, 0.15) is 11.9 Å². The molecule has 2 atom stereocenters. The lowest BCUT2D eigenvalue weighted by Crippen LogP contribution is -2.52. The smallest absolute Gasteiger partial charge is 0.416 e. The summed E-state index contributed by atoms with van der Waals surface area (Å²) in [4.78, 5) is 4.08. The Labute approximate surface area is 172 Å². The number of rotatable bonds is 2. The van der Waals surface area contributed by atoms with Gasteiger partial charge in [0.2, 0.25) is 0 Å². The molecule has 0 aliphatic carbocycles. The SMILES string of the molecule is Cc1c(-c2ccc(C(F)(F)F)cc2O)nnc2c1CCCN2[C@@H]1C[C@@H](F)CN(C)C1. The van der Waals surface area contributed by atoms with Crippen LogP contribution in [0.4, 0.5) is 23.4 Å². The normalized spacial score (nSPS) is 22.8. The van der Waals surface area contributed by atoms with Gasteiger partial charge in [0.15, 0.2) is 5.82 Å². The number of likely N-dealkylation sites (N-methyl/N-ethyl adjacent to an activating group) is 1. The summed E-state index contributed by atoms with van der Waals surface area (Å²) in [6, 6.07) is 2.87. The molecule has 0 bridgehead atoms. The Morgan fingerprint density at radius 1 is 1.17 bits per heavy atom. The molecule has 0 unspecified atom stereocenters. The van der Waals surface area contributed by atoms with E-state index < -0.39 is 23.7 Å². The second-order valence-electron chi connectivity index (χ2n) is 8.21. The molecule has 2 aliphatic heterocycles. The summed E-state index contributed by atoms with van der Waals surface area (Å²) in [5.41, 5.74) is 1.40. The van der Waals surface area contributed by atoms with Crippen LogP contribution in [0, 0.1) is 6.92 Å². The molecule has 0 amide bonds. The van der Waals surface area contributed by atoms with E-state index >= 15 is 0 Å². The van der Waals surface area contributed by atoms with Crippen molar-refractivity contribution in [3.63, 3.8) is 0 Å². The fraction of sp³-hybridized carbons (Fsp3) is 0.524. The first-order valence-corrected chi connectivity index (χ1v) is 10.0. The second kappa shape index (κ2) is 7.68. The average Bonchev–Trinajstić information content (AvgIpc) is 2.67. The Kier molecular flexibility index (Phi) is 5.34. The molecule has 1 aromatic carbocycles. The van der Waals surface area contributed by atoms with E-state index in [2.05, 4.69) is 15.1 Å². The van der Waals surface area contributed by atoms with Gasteiger partial charge in [0.05, 0.1) is 11.3 Å². The molecule has 5 nitrogen and oxygen atoms in total. The van der Waals surface area contributed by atoms with Crippen LogP contribution in [0.5, 0.6) is 5.75 Å². The molecule has 3 heterocycles. The van der Waals surface area contributed by atoms with Crippen molar-refractivity contribution in [3.8, 4) is 17.0 Å². The Hall–Kier alpha value is -2.42. The topological polar surface area (TPSA) is 52.5 Å². The lowest BCUT2D eigenvalue weighted by molar-refractivity contribution is -0.137. The van der Waals surface area contributed by atoms with Crippen LogP contribution in [0.2, 0.25) is 0 Å². The fourth-order valence-electron chi connectivity index (χ4n) is 4.57. The first kappa shape index (κ1) is 20.8. The van der Waals surface area contributed by atoms with Crippen LogP contribution in [-0.2, 0) is 12.6 Å². The Balaban J connectivity index is 1.70. The minimum atomic E-state index is -4.53. The van der Waals surface area contributed by atoms with E-state index in [4.69, 9.17) is 0 Å². The number of halogens is 4. The van der Waals surface area contributed by atoms with Crippen LogP contribution in [-0.4, -0.2) is 59.1 Å². The highest BCUT2D eigenvalue weighted by atomic mass is 19.4. The van der Waals surface area contributed by atoms with Gasteiger partial charge in [-0.1, -0.05) is 0 Å². The predicted molar refractivity (Wildman–Crippen MR) is 105 cm³/mol. The van der Waals surface area contributed by atoms with Crippen molar-refractivity contribution in [2.45, 2.75) is 44.6 Å². The van der Waals surface area contributed by atoms with E-state index in [-0.39, 0.29) is 11.6 Å². The van der Waals surface area contributed by atoms with Gasteiger partial charge in [-0.15, -0.1) is 10.2 Å². The third-order valence-corrected chi connectivity index (χ3v) is 6.00. The van der Waals surface area contributed by atoms with Gasteiger partial charge in [-0.05, 0) is 50.6 Å². The zero-order valence-corrected chi connectivity index (χ0v) is 16.9. The number of hydrogen-bond acceptors (Lipinski definition) is 5. The van der Waals surface area contributed by atoms with Crippen molar-refractivity contribution in [2.75, 3.05) is 31.6 Å². The molecule has 4 rings (SSSR count). The van der Waals surface area contributed by atoms with Gasteiger partial charge in [0.25, 0.3) is 0 Å². The average molecular weight is 424 g/mol. The lowest BCUT2D eigenvalue weighted by Gasteiger charge is -2.42. The number of benzene rings is 1. The summed E-state index contributed by atoms with van der Waals surface area (Å²) >= 11 is 0. The molecule has 1 saturated heterocycles. The molecule has 1 fully saturated rings. The minimum Gasteiger partial charge on any atom is -0.507 e. The molecule has 9 heteroatoms. The van der Waals surface area contributed by atoms with Gasteiger partial charge >= 0.3 is 6.18 Å². The zero-order chi connectivity index (χ0) is 21.6. The van der Waals surface area contributed by atoms with E-state index in [1.807, 2.05) is 18.9 Å². The highest BCUT2D eigenvalue weighted by Gasteiger charge is 2.34. The summed E-state index contributed by atoms with van der Waals surface area (Å²) in [5, 5.41) is 18.9. The van der Waals surface area contributed by atoms with Crippen LogP contribution in [0.15, 0.2) is 18.2 Å². The molecule has 2 aromatic rings. The standard InChI is InChI=1S/C21H24F4N4O/c1-12-16-4-3-7-29(15-9-14(22)10-28(2)11-15)20(16)27-26-19(12)17-6-5-13(8-18(17)30)21(23,24)25/h5-6,8,14-15,30H,3-4,7,9-11H2,1-2H3/t14-,15-/m1/s1. The highest BCUT2D eigenvalue weighted by molar-refractivity contribution is 5.73. The molecule has 0 saturated carbocycles. The van der Waals surface area contributed by atoms with Gasteiger partial charge in [-0.3, -0.25) is 0 Å². The largest absolute Gasteiger partial charge is 0.507 e. The summed E-state index contributed by atoms with van der Waals surface area (Å²) < 4.78 is 52.8. The molecule has 162 valence electrons. The lowest BCUT2D eigenvalue weighted by atomic mass is 9.94. The Morgan fingerprint density at radius 2 is 1.93 bits per heavy atom. The third-order valence-electron chi connectivity index (χ3n) is 6.00. The molecule has 1 N–H and O–H groups in total. The highest BCUT2D eigenvalue weighted by Crippen LogP contribution is 2.39. The van der Waals surface area contributed by atoms with E-state index in [0.29, 0.717) is 30.5 Å². The fourth-order valence-corrected chi connectivity index (χ4v) is 4.57. The number of anilines is 1. The van der Waals surface area contributed by atoms with Crippen molar-refractivity contribution in [3.05, 3.63) is 34.9 Å². The van der Waals surface area contributed by atoms with Crippen molar-refractivity contribution in [1.29, 1.82) is 0 Å². The number of nitrogens with zero attached hydrogens (tertiary/aromatic N) is 4. The van der Waals surface area contributed by atoms with Gasteiger partial charge in [-0.2, -0.15) is 13.2 Å². The number of alkyl halides is 4. The van der Waals surface area contributed by atoms with Crippen molar-refractivity contribution < 1.29 is 22.7 Å². The second-order valence-corrected chi connectivity index (χ2v) is 8.21. The van der Waals surface area contributed by atoms with Crippen LogP contribution < -0.4 is 4.90 Å². The maximum Gasteiger partial charge on any atom is 0.416 e. The number of likely N-dealkylation sites (tertiary alicyclic amines) is 1. The van der Waals surface area contributed by atoms with Crippen molar-refractivity contribution >= 4 is 5.82 Å². The molecular formula is C21H24F4N4O. The monoisotopic (exact) mass is 424 g/mol. The van der Waals surface area contributed by atoms with Crippen LogP contribution in [0.1, 0.15) is 29.5 Å². The molecule has 30 heavy (non-hydrogen) atoms. The summed E-state index contributed by atoms with van der Waals surface area (Å²) in [7, 11) is 1.90. The van der Waals surface area contributed by atoms with Crippen LogP contribution in [0.25, 0.3) is 11.3 Å². The summed E-state index contributed by atoms with van der Waals surface area (Å²) in [5.74, 6) is 0.227. The number of phenols is 1. The van der Waals surface area contributed by atoms with Crippen LogP contribution >= 0.6 is 0 Å². The number of fused-ring (bicyclic) bond motifs is 1. The zero-order valence-electron chi connectivity index (χ0n) is 16.9. The van der Waals surface area contributed by atoms with E-state index in [1.165, 1.54) is 6.07 Å². The number of hydrogen-bond donors (Lipinski definition) is 1. The molecule has 0 radical (unpaired) electrons. The van der Waals surface area contributed by atoms with Gasteiger partial charge < -0.3 is 14.9 Å². The molecule has 0 spiro atoms. The predicted octanol–water partition coefficient (Wildman–Crippen LogP) is 3.97. The van der Waals surface area contributed by atoms with Gasteiger partial charge in [0, 0.05) is 43.2 Å². The quantitative estimate of drug-likeness (QED) is 0.740.